The lowest BCUT2D eigenvalue weighted by molar-refractivity contribution is -0.132. The molecule has 2 aromatic carbocycles. The minimum atomic E-state index is -0.511. The van der Waals surface area contributed by atoms with Crippen LogP contribution in [0.25, 0.3) is 6.08 Å². The highest BCUT2D eigenvalue weighted by Gasteiger charge is 2.24. The summed E-state index contributed by atoms with van der Waals surface area (Å²) in [5.41, 5.74) is 2.74. The van der Waals surface area contributed by atoms with Gasteiger partial charge in [0, 0.05) is 12.5 Å². The number of hydrogen-bond donors (Lipinski definition) is 0. The summed E-state index contributed by atoms with van der Waals surface area (Å²) in [6.45, 7) is 3.31. The van der Waals surface area contributed by atoms with Crippen molar-refractivity contribution in [2.24, 2.45) is 4.99 Å². The maximum Gasteiger partial charge on any atom is 0.363 e. The minimum Gasteiger partial charge on any atom is -0.427 e. The number of ether oxygens (including phenoxy) is 2. The van der Waals surface area contributed by atoms with E-state index >= 15 is 0 Å². The first kappa shape index (κ1) is 15.7. The van der Waals surface area contributed by atoms with E-state index in [1.807, 2.05) is 31.2 Å². The largest absolute Gasteiger partial charge is 0.427 e. The van der Waals surface area contributed by atoms with Crippen LogP contribution in [0.15, 0.2) is 59.2 Å². The van der Waals surface area contributed by atoms with E-state index in [1.165, 1.54) is 6.92 Å². The standard InChI is InChI=1S/C19H15NO4/c1-12-6-8-15(9-7-12)18-20-17(19(22)24-18)11-14-4-3-5-16(10-14)23-13(2)21/h3-11H,1-2H3/b17-11-. The smallest absolute Gasteiger partial charge is 0.363 e. The van der Waals surface area contributed by atoms with Crippen LogP contribution in [0.1, 0.15) is 23.6 Å². The molecule has 0 spiro atoms. The zero-order chi connectivity index (χ0) is 17.1. The topological polar surface area (TPSA) is 65.0 Å². The minimum absolute atomic E-state index is 0.200. The summed E-state index contributed by atoms with van der Waals surface area (Å²) in [5.74, 6) is -0.225. The molecule has 0 atom stereocenters. The molecular weight excluding hydrogens is 306 g/mol. The molecule has 1 aliphatic heterocycles. The van der Waals surface area contributed by atoms with Crippen LogP contribution in [0.5, 0.6) is 5.75 Å². The van der Waals surface area contributed by atoms with E-state index in [1.54, 1.807) is 30.3 Å². The number of nitrogens with zero attached hydrogens (tertiary/aromatic N) is 1. The number of esters is 2. The predicted octanol–water partition coefficient (Wildman–Crippen LogP) is 3.26. The van der Waals surface area contributed by atoms with Gasteiger partial charge in [0.1, 0.15) is 5.75 Å². The average Bonchev–Trinajstić information content (AvgIpc) is 2.89. The lowest BCUT2D eigenvalue weighted by Crippen LogP contribution is -2.05. The second-order valence-electron chi connectivity index (χ2n) is 5.37. The number of hydrogen-bond acceptors (Lipinski definition) is 5. The number of rotatable bonds is 3. The van der Waals surface area contributed by atoms with E-state index in [-0.39, 0.29) is 11.6 Å². The van der Waals surface area contributed by atoms with Crippen molar-refractivity contribution in [2.45, 2.75) is 13.8 Å². The Morgan fingerprint density at radius 1 is 1.17 bits per heavy atom. The molecule has 24 heavy (non-hydrogen) atoms. The molecule has 0 fully saturated rings. The van der Waals surface area contributed by atoms with Crippen molar-refractivity contribution in [3.05, 3.63) is 70.9 Å². The Morgan fingerprint density at radius 3 is 2.62 bits per heavy atom. The van der Waals surface area contributed by atoms with Crippen molar-refractivity contribution in [1.29, 1.82) is 0 Å². The van der Waals surface area contributed by atoms with Gasteiger partial charge in [0.05, 0.1) is 0 Å². The fourth-order valence-electron chi connectivity index (χ4n) is 2.22. The third kappa shape index (κ3) is 3.57. The maximum atomic E-state index is 12.0. The van der Waals surface area contributed by atoms with Crippen molar-refractivity contribution in [2.75, 3.05) is 0 Å². The van der Waals surface area contributed by atoms with Crippen LogP contribution in [-0.2, 0) is 14.3 Å². The molecule has 0 aromatic heterocycles. The van der Waals surface area contributed by atoms with Gasteiger partial charge in [-0.2, -0.15) is 0 Å². The Balaban J connectivity index is 1.88. The van der Waals surface area contributed by atoms with Gasteiger partial charge >= 0.3 is 11.9 Å². The van der Waals surface area contributed by atoms with E-state index in [0.717, 1.165) is 11.1 Å². The maximum absolute atomic E-state index is 12.0. The van der Waals surface area contributed by atoms with E-state index in [9.17, 15) is 9.59 Å². The summed E-state index contributed by atoms with van der Waals surface area (Å²) in [5, 5.41) is 0. The zero-order valence-corrected chi connectivity index (χ0v) is 13.3. The Bertz CT molecular complexity index is 863. The molecule has 5 nitrogen and oxygen atoms in total. The molecule has 0 unspecified atom stereocenters. The van der Waals surface area contributed by atoms with Crippen LogP contribution in [0.3, 0.4) is 0 Å². The zero-order valence-electron chi connectivity index (χ0n) is 13.3. The van der Waals surface area contributed by atoms with Gasteiger partial charge in [-0.25, -0.2) is 9.79 Å². The van der Waals surface area contributed by atoms with Crippen LogP contribution in [0.2, 0.25) is 0 Å². The summed E-state index contributed by atoms with van der Waals surface area (Å²) >= 11 is 0. The lowest BCUT2D eigenvalue weighted by Gasteiger charge is -2.01. The number of cyclic esters (lactones) is 1. The quantitative estimate of drug-likeness (QED) is 0.494. The predicted molar refractivity (Wildman–Crippen MR) is 89.5 cm³/mol. The second kappa shape index (κ2) is 6.50. The molecule has 0 bridgehead atoms. The van der Waals surface area contributed by atoms with E-state index < -0.39 is 11.9 Å². The molecule has 3 rings (SSSR count). The van der Waals surface area contributed by atoms with Gasteiger partial charge in [0.25, 0.3) is 0 Å². The number of aliphatic imine (C=N–C) groups is 1. The molecule has 2 aromatic rings. The summed E-state index contributed by atoms with van der Waals surface area (Å²) in [4.78, 5) is 27.3. The molecule has 1 aliphatic rings. The molecule has 0 aliphatic carbocycles. The highest BCUT2D eigenvalue weighted by molar-refractivity contribution is 6.12. The third-order valence-electron chi connectivity index (χ3n) is 3.34. The van der Waals surface area contributed by atoms with Crippen LogP contribution in [0, 0.1) is 6.92 Å². The first-order valence-corrected chi connectivity index (χ1v) is 7.39. The highest BCUT2D eigenvalue weighted by Crippen LogP contribution is 2.21. The van der Waals surface area contributed by atoms with Gasteiger partial charge < -0.3 is 9.47 Å². The normalized spacial score (nSPS) is 15.2. The van der Waals surface area contributed by atoms with Crippen molar-refractivity contribution in [3.8, 4) is 5.75 Å². The van der Waals surface area contributed by atoms with Crippen molar-refractivity contribution < 1.29 is 19.1 Å². The van der Waals surface area contributed by atoms with Crippen LogP contribution in [0.4, 0.5) is 0 Å². The fraction of sp³-hybridized carbons (Fsp3) is 0.105. The summed E-state index contributed by atoms with van der Waals surface area (Å²) in [6, 6.07) is 14.4. The summed E-state index contributed by atoms with van der Waals surface area (Å²) < 4.78 is 10.3. The first-order chi connectivity index (χ1) is 11.5. The molecule has 0 saturated heterocycles. The first-order valence-electron chi connectivity index (χ1n) is 7.39. The molecule has 1 heterocycles. The van der Waals surface area contributed by atoms with Crippen LogP contribution < -0.4 is 4.74 Å². The van der Waals surface area contributed by atoms with Gasteiger partial charge in [-0.05, 0) is 42.8 Å². The Morgan fingerprint density at radius 2 is 1.92 bits per heavy atom. The average molecular weight is 321 g/mol. The van der Waals surface area contributed by atoms with Gasteiger partial charge in [0.2, 0.25) is 5.90 Å². The number of carbonyl (C=O) groups excluding carboxylic acids is 2. The van der Waals surface area contributed by atoms with Gasteiger partial charge in [-0.15, -0.1) is 0 Å². The molecule has 0 radical (unpaired) electrons. The molecule has 0 amide bonds. The summed E-state index contributed by atoms with van der Waals surface area (Å²) in [7, 11) is 0. The highest BCUT2D eigenvalue weighted by atomic mass is 16.6. The Labute approximate surface area is 139 Å². The van der Waals surface area contributed by atoms with Gasteiger partial charge in [-0.3, -0.25) is 4.79 Å². The van der Waals surface area contributed by atoms with Crippen LogP contribution in [-0.4, -0.2) is 17.8 Å². The van der Waals surface area contributed by atoms with Gasteiger partial charge in [-0.1, -0.05) is 29.8 Å². The SMILES string of the molecule is CC(=O)Oc1cccc(/C=C2\N=C(c3ccc(C)cc3)OC2=O)c1. The fourth-order valence-corrected chi connectivity index (χ4v) is 2.22. The Hall–Kier alpha value is -3.21. The summed E-state index contributed by atoms with van der Waals surface area (Å²) in [6.07, 6.45) is 1.59. The molecular formula is C19H15NO4. The number of benzene rings is 2. The monoisotopic (exact) mass is 321 g/mol. The van der Waals surface area contributed by atoms with E-state index in [4.69, 9.17) is 9.47 Å². The number of aryl methyl sites for hydroxylation is 1. The second-order valence-corrected chi connectivity index (χ2v) is 5.37. The number of carbonyl (C=O) groups is 2. The van der Waals surface area contributed by atoms with E-state index in [2.05, 4.69) is 4.99 Å². The molecule has 5 heteroatoms. The van der Waals surface area contributed by atoms with Gasteiger partial charge in [0.15, 0.2) is 5.70 Å². The third-order valence-corrected chi connectivity index (χ3v) is 3.34. The lowest BCUT2D eigenvalue weighted by atomic mass is 10.1. The molecule has 120 valence electrons. The van der Waals surface area contributed by atoms with E-state index in [0.29, 0.717) is 11.3 Å². The van der Waals surface area contributed by atoms with Crippen LogP contribution >= 0.6 is 0 Å². The van der Waals surface area contributed by atoms with Crippen molar-refractivity contribution >= 4 is 23.9 Å². The Kier molecular flexibility index (Phi) is 4.24. The molecule has 0 N–H and O–H groups in total. The van der Waals surface area contributed by atoms with Crippen molar-refractivity contribution in [1.82, 2.24) is 0 Å². The van der Waals surface area contributed by atoms with Crippen molar-refractivity contribution in [3.63, 3.8) is 0 Å². The molecule has 0 saturated carbocycles.